The molecular formula is C16H23N3O. The lowest BCUT2D eigenvalue weighted by molar-refractivity contribution is 0.0126. The summed E-state index contributed by atoms with van der Waals surface area (Å²) < 4.78 is 5.76. The van der Waals surface area contributed by atoms with Crippen LogP contribution in [-0.2, 0) is 4.74 Å². The Hall–Kier alpha value is -1.60. The van der Waals surface area contributed by atoms with E-state index in [1.807, 2.05) is 27.0 Å². The summed E-state index contributed by atoms with van der Waals surface area (Å²) in [5, 5.41) is 9.31. The van der Waals surface area contributed by atoms with Crippen LogP contribution >= 0.6 is 0 Å². The highest BCUT2D eigenvalue weighted by Gasteiger charge is 2.17. The number of anilines is 1. The summed E-state index contributed by atoms with van der Waals surface area (Å²) in [5.41, 5.74) is 2.63. The van der Waals surface area contributed by atoms with E-state index in [-0.39, 0.29) is 0 Å². The smallest absolute Gasteiger partial charge is 0.146 e. The Bertz CT molecular complexity index is 501. The molecule has 1 aliphatic heterocycles. The number of ether oxygens (including phenoxy) is 1. The zero-order valence-electron chi connectivity index (χ0n) is 12.6. The fraction of sp³-hybridized carbons (Fsp3) is 0.625. The summed E-state index contributed by atoms with van der Waals surface area (Å²) in [6.45, 7) is 5.69. The summed E-state index contributed by atoms with van der Waals surface area (Å²) in [5.74, 6) is 0.792. The first kappa shape index (κ1) is 14.8. The van der Waals surface area contributed by atoms with Crippen molar-refractivity contribution in [3.8, 4) is 6.07 Å². The fourth-order valence-corrected chi connectivity index (χ4v) is 2.71. The number of hydrogen-bond donors (Lipinski definition) is 0. The van der Waals surface area contributed by atoms with Gasteiger partial charge in [0.2, 0.25) is 0 Å². The predicted molar refractivity (Wildman–Crippen MR) is 79.9 cm³/mol. The number of nitrogens with zero attached hydrogens (tertiary/aromatic N) is 3. The number of pyridine rings is 1. The van der Waals surface area contributed by atoms with Crippen LogP contribution in [-0.4, -0.2) is 31.3 Å². The molecule has 2 heterocycles. The summed E-state index contributed by atoms with van der Waals surface area (Å²) in [4.78, 5) is 6.61. The summed E-state index contributed by atoms with van der Waals surface area (Å²) in [6, 6.07) is 4.23. The topological polar surface area (TPSA) is 49.2 Å². The summed E-state index contributed by atoms with van der Waals surface area (Å²) in [7, 11) is 2.00. The molecule has 0 amide bonds. The van der Waals surface area contributed by atoms with Gasteiger partial charge in [0.15, 0.2) is 0 Å². The molecule has 1 atom stereocenters. The molecule has 0 saturated carbocycles. The molecule has 0 aromatic carbocycles. The predicted octanol–water partition coefficient (Wildman–Crippen LogP) is 2.97. The van der Waals surface area contributed by atoms with Crippen LogP contribution in [0.15, 0.2) is 6.07 Å². The minimum atomic E-state index is 0.364. The SMILES string of the molecule is Cc1cc(C)c(C#N)c(N(C)CCC2CCCCO2)n1. The van der Waals surface area contributed by atoms with Crippen LogP contribution in [0.4, 0.5) is 5.82 Å². The zero-order valence-corrected chi connectivity index (χ0v) is 12.6. The minimum absolute atomic E-state index is 0.364. The Labute approximate surface area is 121 Å². The first-order chi connectivity index (χ1) is 9.61. The monoisotopic (exact) mass is 273 g/mol. The molecule has 0 radical (unpaired) electrons. The van der Waals surface area contributed by atoms with Crippen LogP contribution < -0.4 is 4.90 Å². The molecule has 1 aromatic heterocycles. The van der Waals surface area contributed by atoms with Crippen molar-refractivity contribution in [1.82, 2.24) is 4.98 Å². The average Bonchev–Trinajstić information content (AvgIpc) is 2.45. The molecule has 2 rings (SSSR count). The first-order valence-corrected chi connectivity index (χ1v) is 7.33. The zero-order chi connectivity index (χ0) is 14.5. The Morgan fingerprint density at radius 2 is 2.25 bits per heavy atom. The number of aromatic nitrogens is 1. The lowest BCUT2D eigenvalue weighted by atomic mass is 10.1. The molecule has 0 aliphatic carbocycles. The summed E-state index contributed by atoms with van der Waals surface area (Å²) in [6.07, 6.45) is 4.96. The summed E-state index contributed by atoms with van der Waals surface area (Å²) >= 11 is 0. The molecule has 0 spiro atoms. The van der Waals surface area contributed by atoms with Crippen LogP contribution in [0.1, 0.15) is 42.5 Å². The van der Waals surface area contributed by atoms with E-state index >= 15 is 0 Å². The normalized spacial score (nSPS) is 18.6. The van der Waals surface area contributed by atoms with E-state index in [1.54, 1.807) is 0 Å². The van der Waals surface area contributed by atoms with E-state index in [2.05, 4.69) is 16.0 Å². The van der Waals surface area contributed by atoms with Gasteiger partial charge in [-0.1, -0.05) is 0 Å². The standard InChI is InChI=1S/C16H23N3O/c1-12-10-13(2)18-16(15(12)11-17)19(3)8-7-14-6-4-5-9-20-14/h10,14H,4-9H2,1-3H3. The highest BCUT2D eigenvalue weighted by Crippen LogP contribution is 2.22. The van der Waals surface area contributed by atoms with Crippen molar-refractivity contribution in [2.75, 3.05) is 25.1 Å². The average molecular weight is 273 g/mol. The van der Waals surface area contributed by atoms with Crippen molar-refractivity contribution in [2.45, 2.75) is 45.6 Å². The van der Waals surface area contributed by atoms with Crippen LogP contribution in [0.2, 0.25) is 0 Å². The molecule has 1 saturated heterocycles. The Kier molecular flexibility index (Phi) is 4.97. The molecule has 1 aliphatic rings. The molecular weight excluding hydrogens is 250 g/mol. The third-order valence-corrected chi connectivity index (χ3v) is 3.86. The molecule has 1 aromatic rings. The lowest BCUT2D eigenvalue weighted by Gasteiger charge is -2.26. The number of aryl methyl sites for hydroxylation is 2. The van der Waals surface area contributed by atoms with Crippen LogP contribution in [0.5, 0.6) is 0 Å². The third kappa shape index (κ3) is 3.49. The van der Waals surface area contributed by atoms with E-state index in [4.69, 9.17) is 4.74 Å². The van der Waals surface area contributed by atoms with Gasteiger partial charge in [0.05, 0.1) is 11.7 Å². The van der Waals surface area contributed by atoms with Gasteiger partial charge in [-0.25, -0.2) is 4.98 Å². The maximum absolute atomic E-state index is 9.31. The molecule has 20 heavy (non-hydrogen) atoms. The second-order valence-corrected chi connectivity index (χ2v) is 5.59. The minimum Gasteiger partial charge on any atom is -0.378 e. The molecule has 1 unspecified atom stereocenters. The van der Waals surface area contributed by atoms with Gasteiger partial charge >= 0.3 is 0 Å². The van der Waals surface area contributed by atoms with E-state index in [1.165, 1.54) is 12.8 Å². The van der Waals surface area contributed by atoms with Gasteiger partial charge in [0.25, 0.3) is 0 Å². The molecule has 4 nitrogen and oxygen atoms in total. The van der Waals surface area contributed by atoms with Gasteiger partial charge in [0.1, 0.15) is 11.9 Å². The Balaban J connectivity index is 2.05. The van der Waals surface area contributed by atoms with E-state index in [0.29, 0.717) is 11.7 Å². The van der Waals surface area contributed by atoms with Gasteiger partial charge in [-0.2, -0.15) is 5.26 Å². The maximum atomic E-state index is 9.31. The number of hydrogen-bond acceptors (Lipinski definition) is 4. The van der Waals surface area contributed by atoms with Gasteiger partial charge in [-0.15, -0.1) is 0 Å². The van der Waals surface area contributed by atoms with E-state index in [0.717, 1.165) is 43.1 Å². The van der Waals surface area contributed by atoms with Crippen molar-refractivity contribution in [1.29, 1.82) is 5.26 Å². The van der Waals surface area contributed by atoms with Crippen LogP contribution in [0, 0.1) is 25.2 Å². The lowest BCUT2D eigenvalue weighted by Crippen LogP contribution is -2.28. The van der Waals surface area contributed by atoms with Crippen molar-refractivity contribution < 1.29 is 4.74 Å². The van der Waals surface area contributed by atoms with E-state index < -0.39 is 0 Å². The van der Waals surface area contributed by atoms with Gasteiger partial charge in [-0.05, 0) is 51.2 Å². The quantitative estimate of drug-likeness (QED) is 0.846. The van der Waals surface area contributed by atoms with E-state index in [9.17, 15) is 5.26 Å². The molecule has 0 bridgehead atoms. The van der Waals surface area contributed by atoms with Crippen LogP contribution in [0.3, 0.4) is 0 Å². The van der Waals surface area contributed by atoms with Crippen LogP contribution in [0.25, 0.3) is 0 Å². The Morgan fingerprint density at radius 3 is 2.90 bits per heavy atom. The Morgan fingerprint density at radius 1 is 1.45 bits per heavy atom. The highest BCUT2D eigenvalue weighted by atomic mass is 16.5. The van der Waals surface area contributed by atoms with Gasteiger partial charge in [0, 0.05) is 25.9 Å². The fourth-order valence-electron chi connectivity index (χ4n) is 2.71. The number of nitriles is 1. The van der Waals surface area contributed by atoms with Gasteiger partial charge in [-0.3, -0.25) is 0 Å². The number of rotatable bonds is 4. The molecule has 108 valence electrons. The second kappa shape index (κ2) is 6.71. The van der Waals surface area contributed by atoms with Crippen molar-refractivity contribution in [2.24, 2.45) is 0 Å². The first-order valence-electron chi connectivity index (χ1n) is 7.33. The van der Waals surface area contributed by atoms with Crippen molar-refractivity contribution in [3.05, 3.63) is 22.9 Å². The maximum Gasteiger partial charge on any atom is 0.146 e. The van der Waals surface area contributed by atoms with Crippen molar-refractivity contribution in [3.63, 3.8) is 0 Å². The largest absolute Gasteiger partial charge is 0.378 e. The third-order valence-electron chi connectivity index (χ3n) is 3.86. The molecule has 1 fully saturated rings. The highest BCUT2D eigenvalue weighted by molar-refractivity contribution is 5.57. The second-order valence-electron chi connectivity index (χ2n) is 5.59. The molecule has 4 heteroatoms. The molecule has 0 N–H and O–H groups in total. The van der Waals surface area contributed by atoms with Gasteiger partial charge < -0.3 is 9.64 Å². The van der Waals surface area contributed by atoms with Crippen molar-refractivity contribution >= 4 is 5.82 Å².